The third-order valence-electron chi connectivity index (χ3n) is 2.78. The van der Waals surface area contributed by atoms with Crippen LogP contribution in [0, 0.1) is 6.92 Å². The molecule has 1 aromatic heterocycles. The number of aromatic nitrogens is 1. The van der Waals surface area contributed by atoms with Gasteiger partial charge in [-0.15, -0.1) is 0 Å². The summed E-state index contributed by atoms with van der Waals surface area (Å²) in [6.07, 6.45) is 1.58. The molecule has 21 heavy (non-hydrogen) atoms. The van der Waals surface area contributed by atoms with E-state index >= 15 is 0 Å². The summed E-state index contributed by atoms with van der Waals surface area (Å²) < 4.78 is 0. The van der Waals surface area contributed by atoms with Gasteiger partial charge in [-0.25, -0.2) is 4.79 Å². The first-order valence-corrected chi connectivity index (χ1v) is 6.61. The van der Waals surface area contributed by atoms with Crippen molar-refractivity contribution in [3.8, 4) is 0 Å². The minimum atomic E-state index is -1.15. The predicted molar refractivity (Wildman–Crippen MR) is 80.3 cm³/mol. The number of carbonyl (C=O) groups excluding carboxylic acids is 1. The quantitative estimate of drug-likeness (QED) is 0.903. The molecule has 0 saturated carbocycles. The number of aryl methyl sites for hydroxylation is 1. The minimum absolute atomic E-state index is 0.0507. The normalized spacial score (nSPS) is 10.2. The molecule has 2 rings (SSSR count). The van der Waals surface area contributed by atoms with E-state index in [4.69, 9.17) is 28.3 Å². The Labute approximate surface area is 130 Å². The van der Waals surface area contributed by atoms with E-state index in [1.54, 1.807) is 25.3 Å². The summed E-state index contributed by atoms with van der Waals surface area (Å²) in [5.74, 6) is -1.58. The number of nitrogens with one attached hydrogen (secondary N) is 1. The summed E-state index contributed by atoms with van der Waals surface area (Å²) >= 11 is 11.9. The van der Waals surface area contributed by atoms with Gasteiger partial charge in [0.25, 0.3) is 5.91 Å². The summed E-state index contributed by atoms with van der Waals surface area (Å²) in [5, 5.41) is 11.6. The highest BCUT2D eigenvalue weighted by atomic mass is 35.5. The molecule has 0 bridgehead atoms. The highest BCUT2D eigenvalue weighted by Crippen LogP contribution is 2.32. The van der Waals surface area contributed by atoms with Gasteiger partial charge in [-0.3, -0.25) is 9.78 Å². The Morgan fingerprint density at radius 3 is 2.38 bits per heavy atom. The number of hydrogen-bond donors (Lipinski definition) is 2. The smallest absolute Gasteiger partial charge is 0.335 e. The fourth-order valence-corrected chi connectivity index (χ4v) is 2.30. The molecule has 2 aromatic rings. The van der Waals surface area contributed by atoms with Crippen molar-refractivity contribution >= 4 is 40.8 Å². The van der Waals surface area contributed by atoms with Gasteiger partial charge in [-0.1, -0.05) is 23.2 Å². The summed E-state index contributed by atoms with van der Waals surface area (Å²) in [7, 11) is 0. The molecule has 1 amide bonds. The second-order valence-electron chi connectivity index (χ2n) is 4.21. The van der Waals surface area contributed by atoms with Gasteiger partial charge in [0.1, 0.15) is 0 Å². The second kappa shape index (κ2) is 6.11. The lowest BCUT2D eigenvalue weighted by molar-refractivity contribution is 0.0696. The summed E-state index contributed by atoms with van der Waals surface area (Å²) in [4.78, 5) is 27.1. The first kappa shape index (κ1) is 15.3. The van der Waals surface area contributed by atoms with Gasteiger partial charge in [-0.05, 0) is 31.2 Å². The lowest BCUT2D eigenvalue weighted by atomic mass is 10.1. The number of pyridine rings is 1. The number of hydrogen-bond acceptors (Lipinski definition) is 3. The average molecular weight is 325 g/mol. The molecule has 0 aliphatic heterocycles. The molecular formula is C14H10Cl2N2O3. The predicted octanol–water partition coefficient (Wildman–Crippen LogP) is 3.65. The summed E-state index contributed by atoms with van der Waals surface area (Å²) in [6, 6.07) is 5.70. The number of amides is 1. The van der Waals surface area contributed by atoms with Crippen molar-refractivity contribution in [2.75, 3.05) is 5.32 Å². The molecule has 0 aliphatic rings. The fraction of sp³-hybridized carbons (Fsp3) is 0.0714. The van der Waals surface area contributed by atoms with Crippen molar-refractivity contribution in [2.45, 2.75) is 6.92 Å². The van der Waals surface area contributed by atoms with Gasteiger partial charge in [0.15, 0.2) is 0 Å². The van der Waals surface area contributed by atoms with Gasteiger partial charge in [0.05, 0.1) is 26.9 Å². The van der Waals surface area contributed by atoms with Crippen molar-refractivity contribution in [1.82, 2.24) is 4.98 Å². The van der Waals surface area contributed by atoms with Crippen LogP contribution in [0.4, 0.5) is 5.69 Å². The largest absolute Gasteiger partial charge is 0.478 e. The molecule has 0 atom stereocenters. The molecule has 7 heteroatoms. The van der Waals surface area contributed by atoms with Crippen LogP contribution in [0.5, 0.6) is 0 Å². The zero-order valence-corrected chi connectivity index (χ0v) is 12.4. The van der Waals surface area contributed by atoms with Crippen LogP contribution < -0.4 is 5.32 Å². The summed E-state index contributed by atoms with van der Waals surface area (Å²) in [6.45, 7) is 1.70. The van der Waals surface area contributed by atoms with Crippen LogP contribution in [0.1, 0.15) is 26.4 Å². The topological polar surface area (TPSA) is 79.3 Å². The third kappa shape index (κ3) is 3.32. The van der Waals surface area contributed by atoms with Gasteiger partial charge in [0, 0.05) is 11.9 Å². The minimum Gasteiger partial charge on any atom is -0.478 e. The molecular weight excluding hydrogens is 315 g/mol. The molecule has 0 radical (unpaired) electrons. The van der Waals surface area contributed by atoms with Crippen LogP contribution >= 0.6 is 23.2 Å². The van der Waals surface area contributed by atoms with Crippen LogP contribution in [0.2, 0.25) is 10.0 Å². The molecule has 108 valence electrons. The van der Waals surface area contributed by atoms with Crippen molar-refractivity contribution in [3.05, 3.63) is 57.3 Å². The van der Waals surface area contributed by atoms with Gasteiger partial charge < -0.3 is 10.4 Å². The molecule has 2 N–H and O–H groups in total. The molecule has 0 fully saturated rings. The first-order chi connectivity index (χ1) is 9.90. The zero-order valence-electron chi connectivity index (χ0n) is 10.9. The average Bonchev–Trinajstić information content (AvgIpc) is 2.42. The summed E-state index contributed by atoms with van der Waals surface area (Å²) in [5.41, 5.74) is 1.05. The number of anilines is 1. The van der Waals surface area contributed by atoms with E-state index in [1.165, 1.54) is 12.1 Å². The number of benzene rings is 1. The monoisotopic (exact) mass is 324 g/mol. The van der Waals surface area contributed by atoms with Crippen LogP contribution in [0.25, 0.3) is 0 Å². The standard InChI is InChI=1S/C14H10Cl2N2O3/c1-7-9(3-2-4-17-7)13(19)18-12-10(15)5-8(14(20)21)6-11(12)16/h2-6H,1H3,(H,18,19)(H,20,21). The number of nitrogens with zero attached hydrogens (tertiary/aromatic N) is 1. The van der Waals surface area contributed by atoms with Gasteiger partial charge >= 0.3 is 5.97 Å². The van der Waals surface area contributed by atoms with E-state index in [9.17, 15) is 9.59 Å². The first-order valence-electron chi connectivity index (χ1n) is 5.85. The Hall–Kier alpha value is -2.11. The van der Waals surface area contributed by atoms with E-state index in [1.807, 2.05) is 0 Å². The molecule has 0 aliphatic carbocycles. The second-order valence-corrected chi connectivity index (χ2v) is 5.02. The van der Waals surface area contributed by atoms with Crippen LogP contribution in [-0.2, 0) is 0 Å². The van der Waals surface area contributed by atoms with Gasteiger partial charge in [0.2, 0.25) is 0 Å². The molecule has 5 nitrogen and oxygen atoms in total. The van der Waals surface area contributed by atoms with E-state index < -0.39 is 11.9 Å². The molecule has 1 aromatic carbocycles. The van der Waals surface area contributed by atoms with E-state index in [0.717, 1.165) is 0 Å². The number of carbonyl (C=O) groups is 2. The highest BCUT2D eigenvalue weighted by molar-refractivity contribution is 6.40. The Morgan fingerprint density at radius 1 is 1.24 bits per heavy atom. The van der Waals surface area contributed by atoms with Crippen molar-refractivity contribution < 1.29 is 14.7 Å². The van der Waals surface area contributed by atoms with Crippen molar-refractivity contribution in [2.24, 2.45) is 0 Å². The Bertz CT molecular complexity index is 709. The maximum atomic E-state index is 12.2. The fourth-order valence-electron chi connectivity index (χ4n) is 1.72. The number of halogens is 2. The highest BCUT2D eigenvalue weighted by Gasteiger charge is 2.16. The van der Waals surface area contributed by atoms with Gasteiger partial charge in [-0.2, -0.15) is 0 Å². The number of aromatic carboxylic acids is 1. The Balaban J connectivity index is 2.34. The van der Waals surface area contributed by atoms with E-state index in [-0.39, 0.29) is 21.3 Å². The van der Waals surface area contributed by atoms with Crippen LogP contribution in [0.15, 0.2) is 30.5 Å². The molecule has 0 spiro atoms. The number of carboxylic acid groups (broad SMARTS) is 1. The van der Waals surface area contributed by atoms with Crippen molar-refractivity contribution in [3.63, 3.8) is 0 Å². The maximum Gasteiger partial charge on any atom is 0.335 e. The SMILES string of the molecule is Cc1ncccc1C(=O)Nc1c(Cl)cc(C(=O)O)cc1Cl. The molecule has 1 heterocycles. The molecule has 0 unspecified atom stereocenters. The van der Waals surface area contributed by atoms with Crippen LogP contribution in [0.3, 0.4) is 0 Å². The number of carboxylic acids is 1. The lowest BCUT2D eigenvalue weighted by Gasteiger charge is -2.11. The maximum absolute atomic E-state index is 12.2. The lowest BCUT2D eigenvalue weighted by Crippen LogP contribution is -2.15. The van der Waals surface area contributed by atoms with E-state index in [2.05, 4.69) is 10.3 Å². The van der Waals surface area contributed by atoms with Crippen LogP contribution in [-0.4, -0.2) is 22.0 Å². The Morgan fingerprint density at radius 2 is 1.86 bits per heavy atom. The molecule has 0 saturated heterocycles. The van der Waals surface area contributed by atoms with E-state index in [0.29, 0.717) is 11.3 Å². The zero-order chi connectivity index (χ0) is 15.6. The third-order valence-corrected chi connectivity index (χ3v) is 3.38. The number of rotatable bonds is 3. The Kier molecular flexibility index (Phi) is 4.45. The van der Waals surface area contributed by atoms with Crippen molar-refractivity contribution in [1.29, 1.82) is 0 Å².